The van der Waals surface area contributed by atoms with Crippen molar-refractivity contribution < 1.29 is 27.1 Å². The van der Waals surface area contributed by atoms with Crippen LogP contribution in [0.4, 0.5) is 4.39 Å². The van der Waals surface area contributed by atoms with Gasteiger partial charge in [0.1, 0.15) is 17.9 Å². The van der Waals surface area contributed by atoms with Crippen LogP contribution in [0.3, 0.4) is 0 Å². The molecule has 2 fully saturated rings. The second kappa shape index (κ2) is 15.5. The van der Waals surface area contributed by atoms with Crippen LogP contribution >= 0.6 is 15.9 Å². The summed E-state index contributed by atoms with van der Waals surface area (Å²) in [4.78, 5) is 28.8. The molecule has 0 radical (unpaired) electrons. The Labute approximate surface area is 261 Å². The van der Waals surface area contributed by atoms with Crippen molar-refractivity contribution >= 4 is 37.8 Å². The molecule has 43 heavy (non-hydrogen) atoms. The van der Waals surface area contributed by atoms with E-state index in [1.165, 1.54) is 11.0 Å². The van der Waals surface area contributed by atoms with Gasteiger partial charge in [-0.2, -0.15) is 0 Å². The molecule has 2 aromatic carbocycles. The van der Waals surface area contributed by atoms with E-state index in [2.05, 4.69) is 31.3 Å². The lowest BCUT2D eigenvalue weighted by molar-refractivity contribution is -0.140. The van der Waals surface area contributed by atoms with Crippen LogP contribution in [0.1, 0.15) is 48.8 Å². The molecule has 0 aromatic heterocycles. The molecule has 0 unspecified atom stereocenters. The van der Waals surface area contributed by atoms with Crippen molar-refractivity contribution in [2.75, 3.05) is 25.9 Å². The van der Waals surface area contributed by atoms with Gasteiger partial charge in [0.05, 0.1) is 19.0 Å². The molecule has 2 amide bonds. The zero-order valence-electron chi connectivity index (χ0n) is 24.4. The summed E-state index contributed by atoms with van der Waals surface area (Å²) in [6, 6.07) is 10.3. The smallest absolute Gasteiger partial charge is 0.243 e. The third kappa shape index (κ3) is 10.0. The summed E-state index contributed by atoms with van der Waals surface area (Å²) in [6.07, 6.45) is 3.61. The standard InChI is InChI=1S/C30H41BrFN5O5S/c1-43(40,41)36-27(9-6-20-10-12-34-13-11-20)30(39)37-18-25(42-19-23-7-8-24(31)14-26(23)32)15-28(37)29(38)35-17-22-4-2-21(16-33)3-5-22/h2-5,7-8,14,20,25,27-28,34,36H,6,9-13,15-19,33H2,1H3,(H,35,38)/t25-,27-,28-/m1/s1. The monoisotopic (exact) mass is 681 g/mol. The lowest BCUT2D eigenvalue weighted by atomic mass is 9.91. The molecule has 236 valence electrons. The number of carbonyl (C=O) groups is 2. The summed E-state index contributed by atoms with van der Waals surface area (Å²) in [6.45, 7) is 2.49. The zero-order chi connectivity index (χ0) is 31.0. The van der Waals surface area contributed by atoms with Gasteiger partial charge in [-0.05, 0) is 68.0 Å². The minimum Gasteiger partial charge on any atom is -0.371 e. The van der Waals surface area contributed by atoms with Gasteiger partial charge in [0.2, 0.25) is 21.8 Å². The highest BCUT2D eigenvalue weighted by molar-refractivity contribution is 9.10. The van der Waals surface area contributed by atoms with Gasteiger partial charge in [-0.25, -0.2) is 17.5 Å². The number of piperidine rings is 1. The first-order valence-corrected chi connectivity index (χ1v) is 17.3. The number of hydrogen-bond donors (Lipinski definition) is 4. The molecule has 2 saturated heterocycles. The van der Waals surface area contributed by atoms with Crippen molar-refractivity contribution in [2.45, 2.75) is 70.0 Å². The quantitative estimate of drug-likeness (QED) is 0.255. The second-order valence-corrected chi connectivity index (χ2v) is 14.1. The predicted octanol–water partition coefficient (Wildman–Crippen LogP) is 2.55. The summed E-state index contributed by atoms with van der Waals surface area (Å²) in [7, 11) is -3.70. The van der Waals surface area contributed by atoms with E-state index in [-0.39, 0.29) is 32.0 Å². The fourth-order valence-electron chi connectivity index (χ4n) is 5.62. The SMILES string of the molecule is CS(=O)(=O)N[C@H](CCC1CCNCC1)C(=O)N1C[C@H](OCc2ccc(Br)cc2F)C[C@@H]1C(=O)NCc1ccc(CN)cc1. The first kappa shape index (κ1) is 33.5. The van der Waals surface area contributed by atoms with E-state index in [0.717, 1.165) is 43.3 Å². The number of carbonyl (C=O) groups excluding carboxylic acids is 2. The predicted molar refractivity (Wildman–Crippen MR) is 166 cm³/mol. The molecule has 0 aliphatic carbocycles. The van der Waals surface area contributed by atoms with E-state index in [9.17, 15) is 22.4 Å². The van der Waals surface area contributed by atoms with Crippen molar-refractivity contribution in [3.8, 4) is 0 Å². The van der Waals surface area contributed by atoms with Gasteiger partial charge in [0.25, 0.3) is 0 Å². The highest BCUT2D eigenvalue weighted by Crippen LogP contribution is 2.26. The maximum Gasteiger partial charge on any atom is 0.243 e. The molecule has 2 aromatic rings. The Morgan fingerprint density at radius 1 is 1.16 bits per heavy atom. The number of amides is 2. The molecule has 5 N–H and O–H groups in total. The lowest BCUT2D eigenvalue weighted by Crippen LogP contribution is -2.53. The molecule has 4 rings (SSSR count). The van der Waals surface area contributed by atoms with E-state index in [1.807, 2.05) is 24.3 Å². The number of ether oxygens (including phenoxy) is 1. The molecule has 0 spiro atoms. The fourth-order valence-corrected chi connectivity index (χ4v) is 6.69. The zero-order valence-corrected chi connectivity index (χ0v) is 26.8. The van der Waals surface area contributed by atoms with Gasteiger partial charge in [-0.1, -0.05) is 46.3 Å². The number of nitrogens with one attached hydrogen (secondary N) is 3. The summed E-state index contributed by atoms with van der Waals surface area (Å²) < 4.78 is 48.1. The number of nitrogens with zero attached hydrogens (tertiary/aromatic N) is 1. The number of likely N-dealkylation sites (tertiary alicyclic amines) is 1. The van der Waals surface area contributed by atoms with Gasteiger partial charge in [-0.3, -0.25) is 9.59 Å². The molecule has 0 saturated carbocycles. The number of halogens is 2. The number of nitrogens with two attached hydrogens (primary N) is 1. The minimum atomic E-state index is -3.70. The number of hydrogen-bond acceptors (Lipinski definition) is 7. The summed E-state index contributed by atoms with van der Waals surface area (Å²) in [5.74, 6) is -0.870. The third-order valence-corrected chi connectivity index (χ3v) is 9.25. The summed E-state index contributed by atoms with van der Waals surface area (Å²) >= 11 is 3.25. The fraction of sp³-hybridized carbons (Fsp3) is 0.533. The Morgan fingerprint density at radius 3 is 2.51 bits per heavy atom. The van der Waals surface area contributed by atoms with E-state index in [1.54, 1.807) is 12.1 Å². The van der Waals surface area contributed by atoms with Gasteiger partial charge in [-0.15, -0.1) is 0 Å². The topological polar surface area (TPSA) is 143 Å². The van der Waals surface area contributed by atoms with E-state index in [0.29, 0.717) is 35.3 Å². The van der Waals surface area contributed by atoms with Crippen molar-refractivity contribution in [2.24, 2.45) is 11.7 Å². The molecular weight excluding hydrogens is 641 g/mol. The molecular formula is C30H41BrFN5O5S. The highest BCUT2D eigenvalue weighted by atomic mass is 79.9. The molecule has 2 aliphatic heterocycles. The van der Waals surface area contributed by atoms with E-state index >= 15 is 0 Å². The van der Waals surface area contributed by atoms with Crippen molar-refractivity contribution in [1.29, 1.82) is 0 Å². The molecule has 10 nitrogen and oxygen atoms in total. The molecule has 2 aliphatic rings. The van der Waals surface area contributed by atoms with Gasteiger partial charge < -0.3 is 26.0 Å². The first-order chi connectivity index (χ1) is 20.5. The first-order valence-electron chi connectivity index (χ1n) is 14.6. The van der Waals surface area contributed by atoms with Crippen LogP contribution in [0.2, 0.25) is 0 Å². The van der Waals surface area contributed by atoms with E-state index < -0.39 is 39.9 Å². The van der Waals surface area contributed by atoms with Crippen LogP contribution in [-0.2, 0) is 44.0 Å². The lowest BCUT2D eigenvalue weighted by Gasteiger charge is -2.30. The van der Waals surface area contributed by atoms with Crippen molar-refractivity contribution in [1.82, 2.24) is 20.3 Å². The van der Waals surface area contributed by atoms with Crippen LogP contribution in [0.15, 0.2) is 46.9 Å². The molecule has 3 atom stereocenters. The largest absolute Gasteiger partial charge is 0.371 e. The summed E-state index contributed by atoms with van der Waals surface area (Å²) in [5.41, 5.74) is 7.88. The van der Waals surface area contributed by atoms with Crippen LogP contribution in [-0.4, -0.2) is 69.2 Å². The molecule has 2 heterocycles. The van der Waals surface area contributed by atoms with Gasteiger partial charge in [0, 0.05) is 36.1 Å². The molecule has 13 heteroatoms. The van der Waals surface area contributed by atoms with Crippen molar-refractivity contribution in [3.63, 3.8) is 0 Å². The van der Waals surface area contributed by atoms with Gasteiger partial charge in [0.15, 0.2) is 0 Å². The summed E-state index contributed by atoms with van der Waals surface area (Å²) in [5, 5.41) is 6.23. The number of sulfonamides is 1. The maximum absolute atomic E-state index is 14.4. The Hall–Kier alpha value is -2.42. The third-order valence-electron chi connectivity index (χ3n) is 8.04. The van der Waals surface area contributed by atoms with Crippen LogP contribution in [0.25, 0.3) is 0 Å². The average Bonchev–Trinajstić information content (AvgIpc) is 3.42. The maximum atomic E-state index is 14.4. The Kier molecular flexibility index (Phi) is 12.1. The Balaban J connectivity index is 1.49. The average molecular weight is 683 g/mol. The van der Waals surface area contributed by atoms with Crippen LogP contribution < -0.4 is 21.1 Å². The Bertz CT molecular complexity index is 1360. The highest BCUT2D eigenvalue weighted by Gasteiger charge is 2.42. The van der Waals surface area contributed by atoms with Crippen molar-refractivity contribution in [3.05, 3.63) is 69.4 Å². The number of benzene rings is 2. The van der Waals surface area contributed by atoms with Crippen LogP contribution in [0.5, 0.6) is 0 Å². The minimum absolute atomic E-state index is 0.0334. The van der Waals surface area contributed by atoms with Crippen LogP contribution in [0, 0.1) is 11.7 Å². The number of rotatable bonds is 13. The molecule has 0 bridgehead atoms. The van der Waals surface area contributed by atoms with Gasteiger partial charge >= 0.3 is 0 Å². The second-order valence-electron chi connectivity index (χ2n) is 11.4. The van der Waals surface area contributed by atoms with E-state index in [4.69, 9.17) is 10.5 Å². The Morgan fingerprint density at radius 2 is 1.86 bits per heavy atom. The normalized spacial score (nSPS) is 20.2.